The van der Waals surface area contributed by atoms with Crippen LogP contribution in [-0.4, -0.2) is 22.1 Å². The molecule has 0 saturated heterocycles. The zero-order chi connectivity index (χ0) is 14.3. The maximum Gasteiger partial charge on any atom is 0.173 e. The zero-order valence-corrected chi connectivity index (χ0v) is 12.8. The van der Waals surface area contributed by atoms with Gasteiger partial charge in [-0.15, -0.1) is 11.3 Å². The number of aryl methyl sites for hydroxylation is 2. The summed E-state index contributed by atoms with van der Waals surface area (Å²) in [5.74, 6) is 1.36. The first-order chi connectivity index (χ1) is 9.58. The first-order valence-corrected chi connectivity index (χ1v) is 7.23. The average Bonchev–Trinajstić information content (AvgIpc) is 2.77. The van der Waals surface area contributed by atoms with E-state index in [1.54, 1.807) is 18.4 Å². The lowest BCUT2D eigenvalue weighted by molar-refractivity contribution is 0.415. The summed E-state index contributed by atoms with van der Waals surface area (Å²) in [5.41, 5.74) is 1.72. The van der Waals surface area contributed by atoms with Gasteiger partial charge in [0.15, 0.2) is 5.82 Å². The molecule has 0 spiro atoms. The smallest absolute Gasteiger partial charge is 0.173 e. The van der Waals surface area contributed by atoms with E-state index in [-0.39, 0.29) is 0 Å². The first kappa shape index (κ1) is 13.3. The molecule has 0 aliphatic heterocycles. The fraction of sp³-hybridized carbons (Fsp3) is 0.214. The van der Waals surface area contributed by atoms with Crippen molar-refractivity contribution >= 4 is 33.8 Å². The Hall–Kier alpha value is -1.72. The number of halogens is 1. The van der Waals surface area contributed by atoms with Gasteiger partial charge in [-0.25, -0.2) is 15.0 Å². The molecule has 0 aliphatic rings. The second kappa shape index (κ2) is 5.00. The van der Waals surface area contributed by atoms with Crippen LogP contribution >= 0.6 is 22.9 Å². The predicted molar refractivity (Wildman–Crippen MR) is 81.7 cm³/mol. The summed E-state index contributed by atoms with van der Waals surface area (Å²) in [7, 11) is 1.62. The van der Waals surface area contributed by atoms with Crippen LogP contribution in [0.1, 0.15) is 10.7 Å². The van der Waals surface area contributed by atoms with Gasteiger partial charge in [0.05, 0.1) is 28.2 Å². The van der Waals surface area contributed by atoms with Crippen molar-refractivity contribution in [2.45, 2.75) is 13.8 Å². The van der Waals surface area contributed by atoms with Crippen LogP contribution in [-0.2, 0) is 0 Å². The molecular weight excluding hydrogens is 294 g/mol. The Morgan fingerprint density at radius 3 is 2.60 bits per heavy atom. The molecule has 3 rings (SSSR count). The molecule has 0 saturated carbocycles. The summed E-state index contributed by atoms with van der Waals surface area (Å²) in [6.07, 6.45) is 0. The number of benzene rings is 1. The molecule has 2 aromatic heterocycles. The van der Waals surface area contributed by atoms with Crippen LogP contribution in [0, 0.1) is 13.8 Å². The van der Waals surface area contributed by atoms with E-state index in [2.05, 4.69) is 15.0 Å². The number of methoxy groups -OCH3 is 1. The van der Waals surface area contributed by atoms with Crippen molar-refractivity contribution in [3.8, 4) is 16.5 Å². The summed E-state index contributed by atoms with van der Waals surface area (Å²) in [5, 5.41) is 2.20. The monoisotopic (exact) mass is 305 g/mol. The second-order valence-electron chi connectivity index (χ2n) is 4.37. The van der Waals surface area contributed by atoms with Gasteiger partial charge in [0.25, 0.3) is 0 Å². The van der Waals surface area contributed by atoms with Crippen molar-refractivity contribution in [1.29, 1.82) is 0 Å². The van der Waals surface area contributed by atoms with E-state index in [0.29, 0.717) is 11.0 Å². The van der Waals surface area contributed by atoms with Crippen molar-refractivity contribution in [2.75, 3.05) is 7.11 Å². The molecule has 0 aliphatic carbocycles. The molecule has 4 nitrogen and oxygen atoms in total. The summed E-state index contributed by atoms with van der Waals surface area (Å²) in [4.78, 5) is 14.3. The fourth-order valence-electron chi connectivity index (χ4n) is 2.04. The first-order valence-electron chi connectivity index (χ1n) is 6.04. The van der Waals surface area contributed by atoms with Gasteiger partial charge in [-0.1, -0.05) is 11.6 Å². The molecule has 0 bridgehead atoms. The van der Waals surface area contributed by atoms with Crippen molar-refractivity contribution in [3.63, 3.8) is 0 Å². The van der Waals surface area contributed by atoms with Crippen molar-refractivity contribution in [3.05, 3.63) is 34.1 Å². The van der Waals surface area contributed by atoms with Crippen LogP contribution < -0.4 is 4.74 Å². The van der Waals surface area contributed by atoms with Gasteiger partial charge < -0.3 is 4.74 Å². The Morgan fingerprint density at radius 2 is 1.95 bits per heavy atom. The van der Waals surface area contributed by atoms with Crippen LogP contribution in [0.3, 0.4) is 0 Å². The molecule has 3 aromatic rings. The van der Waals surface area contributed by atoms with Gasteiger partial charge in [0.2, 0.25) is 0 Å². The third-order valence-electron chi connectivity index (χ3n) is 2.96. The van der Waals surface area contributed by atoms with E-state index in [0.717, 1.165) is 32.2 Å². The van der Waals surface area contributed by atoms with Crippen LogP contribution in [0.25, 0.3) is 21.6 Å². The highest BCUT2D eigenvalue weighted by atomic mass is 35.5. The Balaban J connectivity index is 2.22. The summed E-state index contributed by atoms with van der Waals surface area (Å²) >= 11 is 7.85. The number of ether oxygens (including phenoxy) is 1. The van der Waals surface area contributed by atoms with Gasteiger partial charge >= 0.3 is 0 Å². The number of nitrogens with zero attached hydrogens (tertiary/aromatic N) is 3. The lowest BCUT2D eigenvalue weighted by Gasteiger charge is -2.05. The minimum absolute atomic E-state index is 0.425. The molecule has 1 aromatic carbocycles. The number of rotatable bonds is 2. The van der Waals surface area contributed by atoms with Crippen molar-refractivity contribution in [1.82, 2.24) is 15.0 Å². The minimum Gasteiger partial charge on any atom is -0.497 e. The van der Waals surface area contributed by atoms with E-state index < -0.39 is 0 Å². The van der Waals surface area contributed by atoms with Gasteiger partial charge in [-0.2, -0.15) is 0 Å². The molecular formula is C14H12ClN3OS. The Kier molecular flexibility index (Phi) is 3.31. The summed E-state index contributed by atoms with van der Waals surface area (Å²) in [6, 6.07) is 5.58. The number of aromatic nitrogens is 3. The van der Waals surface area contributed by atoms with Crippen molar-refractivity contribution in [2.24, 2.45) is 0 Å². The maximum atomic E-state index is 6.28. The molecule has 102 valence electrons. The number of hydrogen-bond donors (Lipinski definition) is 0. The van der Waals surface area contributed by atoms with E-state index in [4.69, 9.17) is 16.3 Å². The summed E-state index contributed by atoms with van der Waals surface area (Å²) < 4.78 is 5.19. The molecule has 0 radical (unpaired) electrons. The largest absolute Gasteiger partial charge is 0.497 e. The van der Waals surface area contributed by atoms with Crippen LogP contribution in [0.2, 0.25) is 5.15 Å². The van der Waals surface area contributed by atoms with Gasteiger partial charge in [-0.05, 0) is 32.0 Å². The number of thiazole rings is 1. The highest BCUT2D eigenvalue weighted by molar-refractivity contribution is 7.15. The predicted octanol–water partition coefficient (Wildman–Crippen LogP) is 4.03. The number of fused-ring (bicyclic) bond motifs is 1. The van der Waals surface area contributed by atoms with Gasteiger partial charge in [-0.3, -0.25) is 0 Å². The highest BCUT2D eigenvalue weighted by Crippen LogP contribution is 2.31. The average molecular weight is 306 g/mol. The standard InChI is InChI=1S/C14H12ClN3OS/c1-7-12(20-8(2)16-7)14-17-11-5-4-9(19-3)6-10(11)13(15)18-14/h4-6H,1-3H3. The third kappa shape index (κ3) is 2.23. The van der Waals surface area contributed by atoms with E-state index in [9.17, 15) is 0 Å². The Bertz CT molecular complexity index is 800. The SMILES string of the molecule is COc1ccc2nc(-c3sc(C)nc3C)nc(Cl)c2c1. The lowest BCUT2D eigenvalue weighted by atomic mass is 10.2. The van der Waals surface area contributed by atoms with Gasteiger partial charge in [0, 0.05) is 5.39 Å². The second-order valence-corrected chi connectivity index (χ2v) is 5.93. The Morgan fingerprint density at radius 1 is 1.15 bits per heavy atom. The molecule has 0 fully saturated rings. The molecule has 0 atom stereocenters. The van der Waals surface area contributed by atoms with Gasteiger partial charge in [0.1, 0.15) is 10.9 Å². The molecule has 20 heavy (non-hydrogen) atoms. The van der Waals surface area contributed by atoms with Crippen molar-refractivity contribution < 1.29 is 4.74 Å². The molecule has 0 unspecified atom stereocenters. The van der Waals surface area contributed by atoms with Crippen LogP contribution in [0.4, 0.5) is 0 Å². The topological polar surface area (TPSA) is 47.9 Å². The highest BCUT2D eigenvalue weighted by Gasteiger charge is 2.13. The molecule has 0 N–H and O–H groups in total. The quantitative estimate of drug-likeness (QED) is 0.671. The maximum absolute atomic E-state index is 6.28. The Labute approximate surface area is 125 Å². The molecule has 0 amide bonds. The molecule has 6 heteroatoms. The van der Waals surface area contributed by atoms with E-state index in [1.807, 2.05) is 32.0 Å². The van der Waals surface area contributed by atoms with E-state index in [1.165, 1.54) is 0 Å². The zero-order valence-electron chi connectivity index (χ0n) is 11.3. The molecule has 2 heterocycles. The normalized spacial score (nSPS) is 11.0. The fourth-order valence-corrected chi connectivity index (χ4v) is 3.12. The lowest BCUT2D eigenvalue weighted by Crippen LogP contribution is -1.92. The van der Waals surface area contributed by atoms with E-state index >= 15 is 0 Å². The summed E-state index contributed by atoms with van der Waals surface area (Å²) in [6.45, 7) is 3.92. The van der Waals surface area contributed by atoms with Crippen LogP contribution in [0.5, 0.6) is 5.75 Å². The number of hydrogen-bond acceptors (Lipinski definition) is 5. The third-order valence-corrected chi connectivity index (χ3v) is 4.32. The van der Waals surface area contributed by atoms with Crippen LogP contribution in [0.15, 0.2) is 18.2 Å². The minimum atomic E-state index is 0.425.